The van der Waals surface area contributed by atoms with E-state index in [1.54, 1.807) is 13.2 Å². The molecule has 1 aliphatic carbocycles. The van der Waals surface area contributed by atoms with Gasteiger partial charge in [-0.25, -0.2) is 0 Å². The molecule has 1 N–H and O–H groups in total. The number of ether oxygens (including phenoxy) is 3. The second kappa shape index (κ2) is 6.89. The highest BCUT2D eigenvalue weighted by molar-refractivity contribution is 5.99. The van der Waals surface area contributed by atoms with E-state index in [2.05, 4.69) is 5.32 Å². The molecule has 7 heteroatoms. The van der Waals surface area contributed by atoms with Crippen LogP contribution in [0.25, 0.3) is 0 Å². The number of methoxy groups -OCH3 is 1. The van der Waals surface area contributed by atoms with Gasteiger partial charge in [0.2, 0.25) is 11.8 Å². The number of anilines is 1. The molecule has 2 atom stereocenters. The minimum atomic E-state index is -0.483. The molecule has 2 unspecified atom stereocenters. The van der Waals surface area contributed by atoms with Crippen molar-refractivity contribution >= 4 is 17.5 Å². The second-order valence-corrected chi connectivity index (χ2v) is 7.10. The Morgan fingerprint density at radius 3 is 2.62 bits per heavy atom. The summed E-state index contributed by atoms with van der Waals surface area (Å²) in [6.07, 6.45) is 2.02. The molecule has 4 rings (SSSR count). The topological polar surface area (TPSA) is 77.1 Å². The number of benzene rings is 1. The number of likely N-dealkylation sites (tertiary alicyclic amines) is 1. The summed E-state index contributed by atoms with van der Waals surface area (Å²) < 4.78 is 16.5. The third kappa shape index (κ3) is 3.41. The summed E-state index contributed by atoms with van der Waals surface area (Å²) in [6, 6.07) is 7.22. The van der Waals surface area contributed by atoms with E-state index in [-0.39, 0.29) is 23.7 Å². The quantitative estimate of drug-likeness (QED) is 0.883. The summed E-state index contributed by atoms with van der Waals surface area (Å²) >= 11 is 0. The zero-order valence-electron chi connectivity index (χ0n) is 14.9. The van der Waals surface area contributed by atoms with Crippen molar-refractivity contribution in [1.82, 2.24) is 4.90 Å². The van der Waals surface area contributed by atoms with Gasteiger partial charge in [0.25, 0.3) is 0 Å². The first-order chi connectivity index (χ1) is 12.6. The summed E-state index contributed by atoms with van der Waals surface area (Å²) in [5.41, 5.74) is 0.683. The van der Waals surface area contributed by atoms with Crippen LogP contribution in [-0.2, 0) is 19.1 Å². The number of hydrogen-bond acceptors (Lipinski definition) is 5. The highest BCUT2D eigenvalue weighted by Crippen LogP contribution is 2.42. The van der Waals surface area contributed by atoms with Crippen molar-refractivity contribution in [3.8, 4) is 5.75 Å². The lowest BCUT2D eigenvalue weighted by molar-refractivity contribution is -0.187. The summed E-state index contributed by atoms with van der Waals surface area (Å²) in [7, 11) is 1.58. The number of amides is 2. The van der Waals surface area contributed by atoms with Crippen molar-refractivity contribution in [2.75, 3.05) is 38.7 Å². The fraction of sp³-hybridized carbons (Fsp3) is 0.579. The standard InChI is InChI=1S/C19H24N2O5/c1-24-14-4-2-3-13(11-14)20-17(22)15-12-16(15)18(23)21-7-5-19(6-8-21)25-9-10-26-19/h2-4,11,15-16H,5-10,12H2,1H3,(H,20,22). The van der Waals surface area contributed by atoms with Crippen molar-refractivity contribution in [2.24, 2.45) is 11.8 Å². The van der Waals surface area contributed by atoms with E-state index in [9.17, 15) is 9.59 Å². The minimum absolute atomic E-state index is 0.0728. The normalized spacial score (nSPS) is 26.6. The predicted octanol–water partition coefficient (Wildman–Crippen LogP) is 1.64. The monoisotopic (exact) mass is 360 g/mol. The molecule has 1 aromatic carbocycles. The van der Waals surface area contributed by atoms with Crippen LogP contribution in [0.5, 0.6) is 5.75 Å². The Hall–Kier alpha value is -2.12. The number of nitrogens with zero attached hydrogens (tertiary/aromatic N) is 1. The Morgan fingerprint density at radius 2 is 1.92 bits per heavy atom. The van der Waals surface area contributed by atoms with E-state index in [1.165, 1.54) is 0 Å². The lowest BCUT2D eigenvalue weighted by Gasteiger charge is -2.37. The smallest absolute Gasteiger partial charge is 0.228 e. The van der Waals surface area contributed by atoms with Crippen LogP contribution in [-0.4, -0.2) is 55.9 Å². The first-order valence-electron chi connectivity index (χ1n) is 9.12. The first kappa shape index (κ1) is 17.3. The van der Waals surface area contributed by atoms with Crippen LogP contribution in [0.4, 0.5) is 5.69 Å². The van der Waals surface area contributed by atoms with E-state index in [1.807, 2.05) is 23.1 Å². The van der Waals surface area contributed by atoms with Crippen LogP contribution < -0.4 is 10.1 Å². The average Bonchev–Trinajstić information content (AvgIpc) is 3.36. The third-order valence-electron chi connectivity index (χ3n) is 5.43. The maximum atomic E-state index is 12.7. The van der Waals surface area contributed by atoms with E-state index < -0.39 is 5.79 Å². The van der Waals surface area contributed by atoms with Crippen LogP contribution in [0, 0.1) is 11.8 Å². The average molecular weight is 360 g/mol. The zero-order valence-corrected chi connectivity index (χ0v) is 14.9. The predicted molar refractivity (Wildman–Crippen MR) is 93.7 cm³/mol. The number of carbonyl (C=O) groups excluding carboxylic acids is 2. The van der Waals surface area contributed by atoms with Crippen molar-refractivity contribution in [2.45, 2.75) is 25.0 Å². The molecule has 0 bridgehead atoms. The Labute approximate surface area is 152 Å². The minimum Gasteiger partial charge on any atom is -0.497 e. The fourth-order valence-corrected chi connectivity index (χ4v) is 3.78. The molecule has 140 valence electrons. The highest BCUT2D eigenvalue weighted by atomic mass is 16.7. The van der Waals surface area contributed by atoms with Gasteiger partial charge in [0, 0.05) is 37.7 Å². The molecule has 7 nitrogen and oxygen atoms in total. The molecule has 0 aromatic heterocycles. The Morgan fingerprint density at radius 1 is 1.19 bits per heavy atom. The molecule has 2 saturated heterocycles. The SMILES string of the molecule is COc1cccc(NC(=O)C2CC2C(=O)N2CCC3(CC2)OCCO3)c1. The molecule has 2 aliphatic heterocycles. The van der Waals surface area contributed by atoms with Gasteiger partial charge >= 0.3 is 0 Å². The van der Waals surface area contributed by atoms with Gasteiger partial charge in [-0.3, -0.25) is 9.59 Å². The highest BCUT2D eigenvalue weighted by Gasteiger charge is 2.51. The number of carbonyl (C=O) groups is 2. The van der Waals surface area contributed by atoms with E-state index in [0.717, 1.165) is 0 Å². The number of hydrogen-bond donors (Lipinski definition) is 1. The maximum Gasteiger partial charge on any atom is 0.228 e. The Bertz CT molecular complexity index is 691. The van der Waals surface area contributed by atoms with Gasteiger partial charge in [0.15, 0.2) is 5.79 Å². The van der Waals surface area contributed by atoms with E-state index in [0.29, 0.717) is 57.0 Å². The van der Waals surface area contributed by atoms with Gasteiger partial charge in [0.1, 0.15) is 5.75 Å². The molecule has 26 heavy (non-hydrogen) atoms. The number of nitrogens with one attached hydrogen (secondary N) is 1. The van der Waals surface area contributed by atoms with Gasteiger partial charge in [-0.1, -0.05) is 6.07 Å². The molecule has 1 saturated carbocycles. The number of piperidine rings is 1. The van der Waals surface area contributed by atoms with Crippen molar-refractivity contribution < 1.29 is 23.8 Å². The summed E-state index contributed by atoms with van der Waals surface area (Å²) in [6.45, 7) is 2.51. The van der Waals surface area contributed by atoms with Crippen molar-refractivity contribution in [1.29, 1.82) is 0 Å². The van der Waals surface area contributed by atoms with Gasteiger partial charge in [0.05, 0.1) is 32.2 Å². The molecule has 1 spiro atoms. The van der Waals surface area contributed by atoms with E-state index >= 15 is 0 Å². The van der Waals surface area contributed by atoms with Crippen LogP contribution in [0.2, 0.25) is 0 Å². The van der Waals surface area contributed by atoms with Gasteiger partial charge in [-0.2, -0.15) is 0 Å². The summed E-state index contributed by atoms with van der Waals surface area (Å²) in [5, 5.41) is 2.88. The van der Waals surface area contributed by atoms with Crippen LogP contribution in [0.15, 0.2) is 24.3 Å². The molecule has 3 aliphatic rings. The largest absolute Gasteiger partial charge is 0.497 e. The molecular formula is C19H24N2O5. The van der Waals surface area contributed by atoms with Gasteiger partial charge < -0.3 is 24.4 Å². The van der Waals surface area contributed by atoms with Gasteiger partial charge in [-0.15, -0.1) is 0 Å². The molecule has 3 fully saturated rings. The van der Waals surface area contributed by atoms with Crippen LogP contribution >= 0.6 is 0 Å². The Balaban J connectivity index is 1.29. The molecule has 2 heterocycles. The fourth-order valence-electron chi connectivity index (χ4n) is 3.78. The molecule has 0 radical (unpaired) electrons. The van der Waals surface area contributed by atoms with Crippen LogP contribution in [0.1, 0.15) is 19.3 Å². The van der Waals surface area contributed by atoms with Crippen molar-refractivity contribution in [3.63, 3.8) is 0 Å². The maximum absolute atomic E-state index is 12.7. The van der Waals surface area contributed by atoms with E-state index in [4.69, 9.17) is 14.2 Å². The summed E-state index contributed by atoms with van der Waals surface area (Å²) in [5.74, 6) is -0.284. The van der Waals surface area contributed by atoms with Crippen molar-refractivity contribution in [3.05, 3.63) is 24.3 Å². The third-order valence-corrected chi connectivity index (χ3v) is 5.43. The molecule has 2 amide bonds. The molecule has 1 aromatic rings. The second-order valence-electron chi connectivity index (χ2n) is 7.10. The first-order valence-corrected chi connectivity index (χ1v) is 9.12. The zero-order chi connectivity index (χ0) is 18.1. The van der Waals surface area contributed by atoms with Gasteiger partial charge in [-0.05, 0) is 18.6 Å². The number of rotatable bonds is 4. The lowest BCUT2D eigenvalue weighted by atomic mass is 10.0. The molecular weight excluding hydrogens is 336 g/mol. The Kier molecular flexibility index (Phi) is 4.58. The summed E-state index contributed by atoms with van der Waals surface area (Å²) in [4.78, 5) is 26.9. The lowest BCUT2D eigenvalue weighted by Crippen LogP contribution is -2.48. The van der Waals surface area contributed by atoms with Crippen LogP contribution in [0.3, 0.4) is 0 Å².